The number of carbonyl (C=O) groups excluding carboxylic acids is 1. The number of fused-ring (bicyclic) bond motifs is 1. The zero-order valence-electron chi connectivity index (χ0n) is 18.6. The van der Waals surface area contributed by atoms with Crippen LogP contribution in [0.4, 0.5) is 5.95 Å². The van der Waals surface area contributed by atoms with Gasteiger partial charge in [0.2, 0.25) is 11.9 Å². The summed E-state index contributed by atoms with van der Waals surface area (Å²) in [6, 6.07) is 3.09. The molecule has 2 N–H and O–H groups in total. The minimum absolute atomic E-state index is 0.133. The van der Waals surface area contributed by atoms with Gasteiger partial charge in [-0.3, -0.25) is 9.78 Å². The third kappa shape index (κ3) is 4.86. The maximum Gasteiger partial charge on any atom is 0.243 e. The van der Waals surface area contributed by atoms with E-state index in [2.05, 4.69) is 32.2 Å². The second-order valence-corrected chi connectivity index (χ2v) is 8.30. The van der Waals surface area contributed by atoms with E-state index < -0.39 is 0 Å². The van der Waals surface area contributed by atoms with Crippen molar-refractivity contribution in [2.24, 2.45) is 0 Å². The molecule has 0 radical (unpaired) electrons. The third-order valence-corrected chi connectivity index (χ3v) is 6.23. The number of halogens is 2. The smallest absolute Gasteiger partial charge is 0.243 e. The lowest BCUT2D eigenvalue weighted by atomic mass is 10.0. The number of nitrogens with one attached hydrogen (secondary N) is 2. The van der Waals surface area contributed by atoms with Crippen LogP contribution in [-0.4, -0.2) is 60.4 Å². The van der Waals surface area contributed by atoms with Gasteiger partial charge < -0.3 is 24.8 Å². The van der Waals surface area contributed by atoms with Gasteiger partial charge in [0.05, 0.1) is 60.4 Å². The quantitative estimate of drug-likeness (QED) is 0.467. The van der Waals surface area contributed by atoms with Gasteiger partial charge in [-0.05, 0) is 18.6 Å². The Labute approximate surface area is 206 Å². The van der Waals surface area contributed by atoms with Crippen LogP contribution in [-0.2, 0) is 9.53 Å². The molecule has 1 aliphatic rings. The topological polar surface area (TPSA) is 107 Å². The predicted octanol–water partition coefficient (Wildman–Crippen LogP) is 3.89. The third-order valence-electron chi connectivity index (χ3n) is 5.48. The number of benzene rings is 1. The highest BCUT2D eigenvalue weighted by Crippen LogP contribution is 2.45. The summed E-state index contributed by atoms with van der Waals surface area (Å²) in [4.78, 5) is 25.3. The van der Waals surface area contributed by atoms with Crippen LogP contribution >= 0.6 is 23.2 Å². The fourth-order valence-electron chi connectivity index (χ4n) is 3.71. The average molecular weight is 504 g/mol. The van der Waals surface area contributed by atoms with Crippen molar-refractivity contribution in [3.8, 4) is 22.8 Å². The van der Waals surface area contributed by atoms with Crippen LogP contribution in [0.5, 0.6) is 11.5 Å². The normalized spacial score (nSPS) is 17.8. The van der Waals surface area contributed by atoms with Crippen LogP contribution in [0.1, 0.15) is 6.42 Å². The van der Waals surface area contributed by atoms with Gasteiger partial charge in [0.25, 0.3) is 0 Å². The molecule has 34 heavy (non-hydrogen) atoms. The number of pyridine rings is 1. The molecule has 4 rings (SSSR count). The summed E-state index contributed by atoms with van der Waals surface area (Å²) < 4.78 is 16.3. The zero-order valence-corrected chi connectivity index (χ0v) is 20.1. The molecule has 0 saturated carbocycles. The van der Waals surface area contributed by atoms with Gasteiger partial charge in [0.15, 0.2) is 0 Å². The summed E-state index contributed by atoms with van der Waals surface area (Å²) in [5, 5.41) is 7.55. The molecule has 9 nitrogen and oxygen atoms in total. The van der Waals surface area contributed by atoms with E-state index in [-0.39, 0.29) is 18.0 Å². The number of methoxy groups -OCH3 is 2. The summed E-state index contributed by atoms with van der Waals surface area (Å²) in [5.41, 5.74) is 1.63. The lowest BCUT2D eigenvalue weighted by Gasteiger charge is -2.32. The monoisotopic (exact) mass is 503 g/mol. The maximum atomic E-state index is 11.8. The van der Waals surface area contributed by atoms with Crippen molar-refractivity contribution < 1.29 is 19.0 Å². The van der Waals surface area contributed by atoms with Crippen molar-refractivity contribution in [3.63, 3.8) is 0 Å². The van der Waals surface area contributed by atoms with Gasteiger partial charge >= 0.3 is 0 Å². The number of aromatic nitrogens is 3. The fraction of sp³-hybridized carbons (Fsp3) is 0.304. The van der Waals surface area contributed by atoms with E-state index in [0.29, 0.717) is 63.9 Å². The molecule has 1 amide bonds. The molecule has 1 aliphatic heterocycles. The van der Waals surface area contributed by atoms with E-state index in [1.807, 2.05) is 0 Å². The van der Waals surface area contributed by atoms with Crippen molar-refractivity contribution in [2.45, 2.75) is 18.5 Å². The molecule has 2 aromatic heterocycles. The molecule has 1 aromatic carbocycles. The standard InChI is InChI=1S/C23H23Cl2N5O4/c1-4-19(31)28-13-5-6-34-11-16(13)30-23-27-9-12-7-14(26-10-15(12)29-23)20-21(24)17(32-2)8-18(33-3)22(20)25/h4,7-10,13,16H,1,5-6,11H2,2-3H3,(H,28,31)(H,27,29,30)/t13-,16+/m0/s1. The van der Waals surface area contributed by atoms with Crippen LogP contribution in [0.2, 0.25) is 10.0 Å². The molecule has 3 aromatic rings. The molecule has 11 heteroatoms. The molecule has 178 valence electrons. The first-order valence-corrected chi connectivity index (χ1v) is 11.2. The number of nitrogens with zero attached hydrogens (tertiary/aromatic N) is 3. The Kier molecular flexibility index (Phi) is 7.35. The highest BCUT2D eigenvalue weighted by atomic mass is 35.5. The molecule has 1 saturated heterocycles. The van der Waals surface area contributed by atoms with Gasteiger partial charge in [-0.2, -0.15) is 0 Å². The number of anilines is 1. The zero-order chi connectivity index (χ0) is 24.2. The van der Waals surface area contributed by atoms with Crippen LogP contribution in [0.25, 0.3) is 22.2 Å². The summed E-state index contributed by atoms with van der Waals surface area (Å²) in [7, 11) is 3.03. The highest BCUT2D eigenvalue weighted by Gasteiger charge is 2.27. The largest absolute Gasteiger partial charge is 0.495 e. The van der Waals surface area contributed by atoms with Crippen LogP contribution in [0, 0.1) is 0 Å². The van der Waals surface area contributed by atoms with E-state index in [9.17, 15) is 4.79 Å². The van der Waals surface area contributed by atoms with Crippen molar-refractivity contribution in [3.05, 3.63) is 47.2 Å². The Morgan fingerprint density at radius 2 is 1.88 bits per heavy atom. The Morgan fingerprint density at radius 1 is 1.15 bits per heavy atom. The molecule has 2 atom stereocenters. The van der Waals surface area contributed by atoms with E-state index in [1.54, 1.807) is 24.5 Å². The van der Waals surface area contributed by atoms with Gasteiger partial charge in [0.1, 0.15) is 11.5 Å². The number of rotatable bonds is 7. The molecule has 0 spiro atoms. The maximum absolute atomic E-state index is 11.8. The van der Waals surface area contributed by atoms with E-state index in [0.717, 1.165) is 5.39 Å². The van der Waals surface area contributed by atoms with E-state index in [1.165, 1.54) is 20.3 Å². The first kappa shape index (κ1) is 24.0. The number of hydrogen-bond acceptors (Lipinski definition) is 8. The van der Waals surface area contributed by atoms with Crippen LogP contribution in [0.15, 0.2) is 37.2 Å². The number of amides is 1. The Bertz CT molecular complexity index is 1210. The second kappa shape index (κ2) is 10.4. The fourth-order valence-corrected chi connectivity index (χ4v) is 4.41. The van der Waals surface area contributed by atoms with E-state index in [4.69, 9.17) is 37.4 Å². The van der Waals surface area contributed by atoms with Gasteiger partial charge in [-0.25, -0.2) is 9.97 Å². The lowest BCUT2D eigenvalue weighted by molar-refractivity contribution is -0.117. The molecule has 1 fully saturated rings. The number of carbonyl (C=O) groups is 1. The van der Waals surface area contributed by atoms with Crippen molar-refractivity contribution in [1.82, 2.24) is 20.3 Å². The molecule has 3 heterocycles. The minimum Gasteiger partial charge on any atom is -0.495 e. The Balaban J connectivity index is 1.63. The van der Waals surface area contributed by atoms with Crippen LogP contribution in [0.3, 0.4) is 0 Å². The highest BCUT2D eigenvalue weighted by molar-refractivity contribution is 6.41. The average Bonchev–Trinajstić information content (AvgIpc) is 2.85. The van der Waals surface area contributed by atoms with Crippen molar-refractivity contribution in [2.75, 3.05) is 32.8 Å². The van der Waals surface area contributed by atoms with Gasteiger partial charge in [0, 0.05) is 29.8 Å². The molecular formula is C23H23Cl2N5O4. The lowest BCUT2D eigenvalue weighted by Crippen LogP contribution is -2.52. The van der Waals surface area contributed by atoms with Crippen molar-refractivity contribution >= 4 is 46.0 Å². The Morgan fingerprint density at radius 3 is 2.56 bits per heavy atom. The summed E-state index contributed by atoms with van der Waals surface area (Å²) in [6.45, 7) is 4.48. The number of ether oxygens (including phenoxy) is 3. The van der Waals surface area contributed by atoms with Gasteiger partial charge in [-0.1, -0.05) is 29.8 Å². The molecule has 0 unspecified atom stereocenters. The summed E-state index contributed by atoms with van der Waals surface area (Å²) >= 11 is 13.1. The van der Waals surface area contributed by atoms with Gasteiger partial charge in [-0.15, -0.1) is 0 Å². The SMILES string of the molecule is C=CC(=O)N[C@H]1CCOC[C@H]1Nc1ncc2cc(-c3c(Cl)c(OC)cc(OC)c3Cl)ncc2n1. The second-order valence-electron chi connectivity index (χ2n) is 7.54. The van der Waals surface area contributed by atoms with Crippen molar-refractivity contribution in [1.29, 1.82) is 0 Å². The molecule has 0 bridgehead atoms. The molecular weight excluding hydrogens is 481 g/mol. The van der Waals surface area contributed by atoms with Crippen LogP contribution < -0.4 is 20.1 Å². The first-order chi connectivity index (χ1) is 16.4. The summed E-state index contributed by atoms with van der Waals surface area (Å²) in [5.74, 6) is 1.00. The number of hydrogen-bond donors (Lipinski definition) is 2. The first-order valence-electron chi connectivity index (χ1n) is 10.5. The Hall–Kier alpha value is -3.14. The summed E-state index contributed by atoms with van der Waals surface area (Å²) in [6.07, 6.45) is 5.21. The molecule has 0 aliphatic carbocycles. The predicted molar refractivity (Wildman–Crippen MR) is 131 cm³/mol. The minimum atomic E-state index is -0.235. The van der Waals surface area contributed by atoms with E-state index >= 15 is 0 Å².